The van der Waals surface area contributed by atoms with Crippen LogP contribution in [0.1, 0.15) is 25.8 Å². The maximum absolute atomic E-state index is 4.70. The Kier molecular flexibility index (Phi) is 12.3. The van der Waals surface area contributed by atoms with Gasteiger partial charge in [-0.2, -0.15) is 0 Å². The second-order valence-electron chi connectivity index (χ2n) is 6.07. The van der Waals surface area contributed by atoms with Gasteiger partial charge < -0.3 is 15.5 Å². The molecule has 148 valence electrons. The van der Waals surface area contributed by atoms with Crippen LogP contribution in [0.3, 0.4) is 0 Å². The van der Waals surface area contributed by atoms with E-state index in [9.17, 15) is 0 Å². The SMILES string of the molecule is CCNC(=NCCCN(CC)c1ccccc1)NCCc1cccnc1.I. The average Bonchev–Trinajstić information content (AvgIpc) is 2.69. The molecule has 0 fully saturated rings. The van der Waals surface area contributed by atoms with E-state index >= 15 is 0 Å². The average molecular weight is 481 g/mol. The van der Waals surface area contributed by atoms with Crippen LogP contribution in [0.5, 0.6) is 0 Å². The molecule has 1 aromatic heterocycles. The quantitative estimate of drug-likeness (QED) is 0.235. The van der Waals surface area contributed by atoms with Crippen molar-refractivity contribution in [2.24, 2.45) is 4.99 Å². The molecule has 2 N–H and O–H groups in total. The summed E-state index contributed by atoms with van der Waals surface area (Å²) in [7, 11) is 0. The van der Waals surface area contributed by atoms with Crippen LogP contribution >= 0.6 is 24.0 Å². The molecular weight excluding hydrogens is 449 g/mol. The van der Waals surface area contributed by atoms with Crippen molar-refractivity contribution >= 4 is 35.6 Å². The molecule has 0 radical (unpaired) electrons. The van der Waals surface area contributed by atoms with Crippen LogP contribution in [0.15, 0.2) is 59.9 Å². The summed E-state index contributed by atoms with van der Waals surface area (Å²) in [6.07, 6.45) is 5.68. The Bertz CT molecular complexity index is 634. The smallest absolute Gasteiger partial charge is 0.191 e. The van der Waals surface area contributed by atoms with Gasteiger partial charge in [-0.25, -0.2) is 0 Å². The maximum atomic E-state index is 4.70. The number of para-hydroxylation sites is 1. The summed E-state index contributed by atoms with van der Waals surface area (Å²) in [5, 5.41) is 6.71. The molecule has 2 rings (SSSR count). The van der Waals surface area contributed by atoms with Crippen LogP contribution in [0.25, 0.3) is 0 Å². The lowest BCUT2D eigenvalue weighted by Gasteiger charge is -2.22. The molecule has 1 heterocycles. The van der Waals surface area contributed by atoms with Crippen molar-refractivity contribution in [1.82, 2.24) is 15.6 Å². The number of rotatable bonds is 10. The Hall–Kier alpha value is -1.83. The minimum Gasteiger partial charge on any atom is -0.372 e. The number of aliphatic imine (C=N–C) groups is 1. The van der Waals surface area contributed by atoms with Crippen LogP contribution in [-0.2, 0) is 6.42 Å². The van der Waals surface area contributed by atoms with Crippen molar-refractivity contribution in [2.75, 3.05) is 37.6 Å². The molecule has 0 atom stereocenters. The van der Waals surface area contributed by atoms with Gasteiger partial charge in [0.2, 0.25) is 0 Å². The number of hydrogen-bond acceptors (Lipinski definition) is 3. The Morgan fingerprint density at radius 2 is 1.89 bits per heavy atom. The molecule has 0 saturated carbocycles. The molecule has 2 aromatic rings. The van der Waals surface area contributed by atoms with Crippen LogP contribution < -0.4 is 15.5 Å². The molecule has 6 heteroatoms. The third-order valence-corrected chi connectivity index (χ3v) is 4.13. The largest absolute Gasteiger partial charge is 0.372 e. The first-order valence-corrected chi connectivity index (χ1v) is 9.54. The number of guanidine groups is 1. The fourth-order valence-electron chi connectivity index (χ4n) is 2.77. The van der Waals surface area contributed by atoms with Crippen molar-refractivity contribution in [3.05, 3.63) is 60.4 Å². The van der Waals surface area contributed by atoms with Crippen molar-refractivity contribution in [3.8, 4) is 0 Å². The van der Waals surface area contributed by atoms with Crippen LogP contribution in [0.2, 0.25) is 0 Å². The summed E-state index contributed by atoms with van der Waals surface area (Å²) < 4.78 is 0. The Balaban J connectivity index is 0.00000364. The van der Waals surface area contributed by atoms with Crippen LogP contribution in [0.4, 0.5) is 5.69 Å². The van der Waals surface area contributed by atoms with E-state index in [4.69, 9.17) is 4.99 Å². The normalized spacial score (nSPS) is 10.8. The first-order valence-electron chi connectivity index (χ1n) is 9.54. The second kappa shape index (κ2) is 14.3. The van der Waals surface area contributed by atoms with Gasteiger partial charge >= 0.3 is 0 Å². The van der Waals surface area contributed by atoms with Crippen molar-refractivity contribution in [1.29, 1.82) is 0 Å². The highest BCUT2D eigenvalue weighted by molar-refractivity contribution is 14.0. The lowest BCUT2D eigenvalue weighted by atomic mass is 10.2. The van der Waals surface area contributed by atoms with Gasteiger partial charge in [0.1, 0.15) is 0 Å². The van der Waals surface area contributed by atoms with E-state index in [1.807, 2.05) is 12.3 Å². The number of halogens is 1. The highest BCUT2D eigenvalue weighted by atomic mass is 127. The predicted molar refractivity (Wildman–Crippen MR) is 126 cm³/mol. The Morgan fingerprint density at radius 3 is 2.56 bits per heavy atom. The minimum atomic E-state index is 0. The molecule has 0 aliphatic heterocycles. The highest BCUT2D eigenvalue weighted by Crippen LogP contribution is 2.12. The predicted octanol–water partition coefficient (Wildman–Crippen LogP) is 3.71. The van der Waals surface area contributed by atoms with Crippen molar-refractivity contribution in [3.63, 3.8) is 0 Å². The monoisotopic (exact) mass is 481 g/mol. The third-order valence-electron chi connectivity index (χ3n) is 4.13. The highest BCUT2D eigenvalue weighted by Gasteiger charge is 2.03. The molecule has 0 amide bonds. The number of nitrogens with zero attached hydrogens (tertiary/aromatic N) is 3. The molecule has 0 bridgehead atoms. The summed E-state index contributed by atoms with van der Waals surface area (Å²) in [5.74, 6) is 0.888. The van der Waals surface area contributed by atoms with Gasteiger partial charge in [-0.15, -0.1) is 24.0 Å². The lowest BCUT2D eigenvalue weighted by Crippen LogP contribution is -2.38. The van der Waals surface area contributed by atoms with E-state index in [1.54, 1.807) is 6.20 Å². The third kappa shape index (κ3) is 9.08. The van der Waals surface area contributed by atoms with Crippen molar-refractivity contribution < 1.29 is 0 Å². The molecule has 0 unspecified atom stereocenters. The summed E-state index contributed by atoms with van der Waals surface area (Å²) in [4.78, 5) is 11.2. The van der Waals surface area contributed by atoms with Crippen LogP contribution in [-0.4, -0.2) is 43.7 Å². The van der Waals surface area contributed by atoms with Gasteiger partial charge in [-0.05, 0) is 50.5 Å². The molecule has 1 aromatic carbocycles. The number of nitrogens with one attached hydrogen (secondary N) is 2. The molecular formula is C21H32IN5. The van der Waals surface area contributed by atoms with Crippen molar-refractivity contribution in [2.45, 2.75) is 26.7 Å². The molecule has 0 spiro atoms. The van der Waals surface area contributed by atoms with Gasteiger partial charge in [-0.3, -0.25) is 9.98 Å². The standard InChI is InChI=1S/C21H31N5.HI/c1-3-23-21(25-16-13-19-10-8-14-22-18-19)24-15-9-17-26(4-2)20-11-6-5-7-12-20;/h5-8,10-12,14,18H,3-4,9,13,15-17H2,1-2H3,(H2,23,24,25);1H. The second-order valence-corrected chi connectivity index (χ2v) is 6.07. The summed E-state index contributed by atoms with van der Waals surface area (Å²) in [6.45, 7) is 8.83. The molecule has 0 aliphatic rings. The Labute approximate surface area is 180 Å². The Morgan fingerprint density at radius 1 is 1.07 bits per heavy atom. The van der Waals surface area contributed by atoms with E-state index < -0.39 is 0 Å². The fraction of sp³-hybridized carbons (Fsp3) is 0.429. The van der Waals surface area contributed by atoms with Crippen LogP contribution in [0, 0.1) is 0 Å². The summed E-state index contributed by atoms with van der Waals surface area (Å²) >= 11 is 0. The number of aromatic nitrogens is 1. The van der Waals surface area contributed by atoms with Gasteiger partial charge in [0.15, 0.2) is 5.96 Å². The van der Waals surface area contributed by atoms with E-state index in [0.717, 1.165) is 51.5 Å². The first kappa shape index (κ1) is 23.2. The number of pyridine rings is 1. The summed E-state index contributed by atoms with van der Waals surface area (Å²) in [5.41, 5.74) is 2.51. The maximum Gasteiger partial charge on any atom is 0.191 e. The molecule has 0 aliphatic carbocycles. The lowest BCUT2D eigenvalue weighted by molar-refractivity contribution is 0.740. The topological polar surface area (TPSA) is 52.6 Å². The summed E-state index contributed by atoms with van der Waals surface area (Å²) in [6, 6.07) is 14.6. The zero-order valence-corrected chi connectivity index (χ0v) is 18.7. The zero-order chi connectivity index (χ0) is 18.5. The van der Waals surface area contributed by atoms with E-state index in [0.29, 0.717) is 0 Å². The fourth-order valence-corrected chi connectivity index (χ4v) is 2.77. The molecule has 27 heavy (non-hydrogen) atoms. The van der Waals surface area contributed by atoms with Gasteiger partial charge in [0, 0.05) is 50.8 Å². The van der Waals surface area contributed by atoms with E-state index in [1.165, 1.54) is 11.3 Å². The molecule has 0 saturated heterocycles. The zero-order valence-electron chi connectivity index (χ0n) is 16.4. The molecule has 5 nitrogen and oxygen atoms in total. The van der Waals surface area contributed by atoms with Gasteiger partial charge in [0.05, 0.1) is 0 Å². The van der Waals surface area contributed by atoms with E-state index in [2.05, 4.69) is 70.8 Å². The number of benzene rings is 1. The van der Waals surface area contributed by atoms with Gasteiger partial charge in [-0.1, -0.05) is 24.3 Å². The van der Waals surface area contributed by atoms with E-state index in [-0.39, 0.29) is 24.0 Å². The first-order chi connectivity index (χ1) is 12.8. The number of hydrogen-bond donors (Lipinski definition) is 2. The minimum absolute atomic E-state index is 0. The number of anilines is 1. The van der Waals surface area contributed by atoms with Gasteiger partial charge in [0.25, 0.3) is 0 Å².